The van der Waals surface area contributed by atoms with E-state index >= 15 is 0 Å². The van der Waals surface area contributed by atoms with E-state index in [0.717, 1.165) is 37.5 Å². The molecule has 126 valence electrons. The lowest BCUT2D eigenvalue weighted by Gasteiger charge is -2.41. The fourth-order valence-electron chi connectivity index (χ4n) is 3.99. The van der Waals surface area contributed by atoms with Crippen LogP contribution in [0.4, 0.5) is 5.82 Å². The van der Waals surface area contributed by atoms with Gasteiger partial charge >= 0.3 is 0 Å². The highest BCUT2D eigenvalue weighted by Crippen LogP contribution is 2.55. The maximum Gasteiger partial charge on any atom is 0.132 e. The molecule has 0 amide bonds. The predicted octanol–water partition coefficient (Wildman–Crippen LogP) is 4.25. The van der Waals surface area contributed by atoms with Gasteiger partial charge in [0.1, 0.15) is 11.6 Å². The Bertz CT molecular complexity index is 875. The van der Waals surface area contributed by atoms with Crippen LogP contribution in [0.1, 0.15) is 24.0 Å². The Morgan fingerprint density at radius 3 is 2.80 bits per heavy atom. The Hall–Kier alpha value is -2.51. The summed E-state index contributed by atoms with van der Waals surface area (Å²) >= 11 is 6.21. The molecule has 2 aliphatic rings. The first-order valence-electron chi connectivity index (χ1n) is 8.25. The van der Waals surface area contributed by atoms with Gasteiger partial charge in [-0.1, -0.05) is 29.3 Å². The molecular formula is C20H18ClN3O. The summed E-state index contributed by atoms with van der Waals surface area (Å²) in [5.74, 6) is 1.87. The van der Waals surface area contributed by atoms with Gasteiger partial charge in [-0.15, -0.1) is 0 Å². The molecule has 0 N–H and O–H groups in total. The molecule has 0 atom stereocenters. The third kappa shape index (κ3) is 2.75. The number of halogens is 1. The number of allylic oxidation sites excluding steroid dienone is 2. The number of pyridine rings is 1. The van der Waals surface area contributed by atoms with Crippen molar-refractivity contribution >= 4 is 17.4 Å². The van der Waals surface area contributed by atoms with Crippen LogP contribution in [0.5, 0.6) is 5.75 Å². The topological polar surface area (TPSA) is 49.1 Å². The van der Waals surface area contributed by atoms with Gasteiger partial charge in [-0.2, -0.15) is 5.26 Å². The zero-order valence-corrected chi connectivity index (χ0v) is 14.8. The van der Waals surface area contributed by atoms with Crippen molar-refractivity contribution in [1.82, 2.24) is 4.98 Å². The summed E-state index contributed by atoms with van der Waals surface area (Å²) in [6.07, 6.45) is 5.21. The number of hydrogen-bond donors (Lipinski definition) is 0. The van der Waals surface area contributed by atoms with Gasteiger partial charge in [-0.05, 0) is 36.6 Å². The Balaban J connectivity index is 1.62. The van der Waals surface area contributed by atoms with E-state index in [-0.39, 0.29) is 5.41 Å². The van der Waals surface area contributed by atoms with Crippen LogP contribution in [0, 0.1) is 11.3 Å². The lowest BCUT2D eigenvalue weighted by molar-refractivity contribution is 0.352. The van der Waals surface area contributed by atoms with E-state index in [2.05, 4.69) is 28.1 Å². The Morgan fingerprint density at radius 2 is 2.12 bits per heavy atom. The lowest BCUT2D eigenvalue weighted by atomic mass is 9.63. The SMILES string of the molecule is COc1ccc(CN2CC3(CC(=CC#N)C3)c3cc(Cl)cnc32)cc1. The molecule has 1 aromatic carbocycles. The van der Waals surface area contributed by atoms with E-state index in [1.54, 1.807) is 19.4 Å². The van der Waals surface area contributed by atoms with Crippen LogP contribution in [-0.2, 0) is 12.0 Å². The van der Waals surface area contributed by atoms with Crippen molar-refractivity contribution in [2.24, 2.45) is 0 Å². The van der Waals surface area contributed by atoms with Gasteiger partial charge in [-0.3, -0.25) is 0 Å². The quantitative estimate of drug-likeness (QED) is 0.776. The molecule has 0 saturated heterocycles. The van der Waals surface area contributed by atoms with Crippen molar-refractivity contribution in [3.05, 3.63) is 64.3 Å². The molecule has 1 aromatic heterocycles. The van der Waals surface area contributed by atoms with Gasteiger partial charge in [0.15, 0.2) is 0 Å². The number of methoxy groups -OCH3 is 1. The zero-order chi connectivity index (χ0) is 17.4. The summed E-state index contributed by atoms with van der Waals surface area (Å²) in [7, 11) is 1.67. The first-order valence-corrected chi connectivity index (χ1v) is 8.63. The molecule has 5 heteroatoms. The third-order valence-electron chi connectivity index (χ3n) is 5.13. The number of nitrogens with zero attached hydrogens (tertiary/aromatic N) is 3. The molecule has 4 rings (SSSR count). The zero-order valence-electron chi connectivity index (χ0n) is 14.0. The van der Waals surface area contributed by atoms with Gasteiger partial charge in [0.25, 0.3) is 0 Å². The molecule has 2 heterocycles. The molecule has 1 aliphatic heterocycles. The molecule has 4 nitrogen and oxygen atoms in total. The van der Waals surface area contributed by atoms with Crippen molar-refractivity contribution < 1.29 is 4.74 Å². The second-order valence-electron chi connectivity index (χ2n) is 6.79. The van der Waals surface area contributed by atoms with Gasteiger partial charge in [0, 0.05) is 36.3 Å². The van der Waals surface area contributed by atoms with E-state index in [4.69, 9.17) is 21.6 Å². The second-order valence-corrected chi connectivity index (χ2v) is 7.23. The van der Waals surface area contributed by atoms with Gasteiger partial charge in [0.2, 0.25) is 0 Å². The maximum atomic E-state index is 8.88. The largest absolute Gasteiger partial charge is 0.497 e. The normalized spacial score (nSPS) is 20.8. The number of hydrogen-bond acceptors (Lipinski definition) is 4. The molecular weight excluding hydrogens is 334 g/mol. The molecule has 0 unspecified atom stereocenters. The van der Waals surface area contributed by atoms with Crippen LogP contribution in [0.15, 0.2) is 48.2 Å². The van der Waals surface area contributed by atoms with Crippen LogP contribution in [0.3, 0.4) is 0 Å². The monoisotopic (exact) mass is 351 g/mol. The van der Waals surface area contributed by atoms with Crippen molar-refractivity contribution in [1.29, 1.82) is 5.26 Å². The highest BCUT2D eigenvalue weighted by Gasteiger charge is 2.50. The highest BCUT2D eigenvalue weighted by molar-refractivity contribution is 6.30. The molecule has 1 fully saturated rings. The first-order chi connectivity index (χ1) is 12.1. The van der Waals surface area contributed by atoms with E-state index < -0.39 is 0 Å². The van der Waals surface area contributed by atoms with E-state index in [1.807, 2.05) is 18.2 Å². The average molecular weight is 352 g/mol. The highest BCUT2D eigenvalue weighted by atomic mass is 35.5. The fourth-order valence-corrected chi connectivity index (χ4v) is 4.15. The molecule has 1 aliphatic carbocycles. The average Bonchev–Trinajstić information content (AvgIpc) is 2.89. The molecule has 2 aromatic rings. The maximum absolute atomic E-state index is 8.88. The van der Waals surface area contributed by atoms with Gasteiger partial charge in [-0.25, -0.2) is 4.98 Å². The second kappa shape index (κ2) is 6.09. The first kappa shape index (κ1) is 16.0. The summed E-state index contributed by atoms with van der Waals surface area (Å²) in [4.78, 5) is 6.92. The molecule has 0 radical (unpaired) electrons. The Labute approximate surface area is 152 Å². The Morgan fingerprint density at radius 1 is 1.36 bits per heavy atom. The standard InChI is InChI=1S/C20H18ClN3O/c1-25-17-4-2-14(3-5-17)12-24-13-20(9-15(10-20)6-7-22)18-8-16(21)11-23-19(18)24/h2-6,8,11H,9-10,12-13H2,1H3. The number of aromatic nitrogens is 1. The van der Waals surface area contributed by atoms with Crippen LogP contribution >= 0.6 is 11.6 Å². The smallest absolute Gasteiger partial charge is 0.132 e. The summed E-state index contributed by atoms with van der Waals surface area (Å²) in [6.45, 7) is 1.70. The molecule has 0 bridgehead atoms. The minimum atomic E-state index is 0.0440. The van der Waals surface area contributed by atoms with E-state index in [1.165, 1.54) is 16.7 Å². The van der Waals surface area contributed by atoms with Gasteiger partial charge in [0.05, 0.1) is 18.2 Å². The van der Waals surface area contributed by atoms with Crippen LogP contribution < -0.4 is 9.64 Å². The minimum Gasteiger partial charge on any atom is -0.497 e. The molecule has 25 heavy (non-hydrogen) atoms. The van der Waals surface area contributed by atoms with Crippen molar-refractivity contribution in [3.63, 3.8) is 0 Å². The van der Waals surface area contributed by atoms with Crippen LogP contribution in [-0.4, -0.2) is 18.6 Å². The fraction of sp³-hybridized carbons (Fsp3) is 0.300. The summed E-state index contributed by atoms with van der Waals surface area (Å²) < 4.78 is 5.23. The minimum absolute atomic E-state index is 0.0440. The predicted molar refractivity (Wildman–Crippen MR) is 97.9 cm³/mol. The molecule has 1 spiro atoms. The lowest BCUT2D eigenvalue weighted by Crippen LogP contribution is -2.40. The number of fused-ring (bicyclic) bond motifs is 2. The van der Waals surface area contributed by atoms with Crippen molar-refractivity contribution in [2.45, 2.75) is 24.8 Å². The van der Waals surface area contributed by atoms with E-state index in [9.17, 15) is 0 Å². The van der Waals surface area contributed by atoms with E-state index in [0.29, 0.717) is 5.02 Å². The van der Waals surface area contributed by atoms with Gasteiger partial charge < -0.3 is 9.64 Å². The number of anilines is 1. The number of benzene rings is 1. The van der Waals surface area contributed by atoms with Crippen LogP contribution in [0.25, 0.3) is 0 Å². The number of nitriles is 1. The van der Waals surface area contributed by atoms with Crippen LogP contribution in [0.2, 0.25) is 5.02 Å². The summed E-state index contributed by atoms with van der Waals surface area (Å²) in [5.41, 5.74) is 3.68. The number of rotatable bonds is 3. The third-order valence-corrected chi connectivity index (χ3v) is 5.34. The summed E-state index contributed by atoms with van der Waals surface area (Å²) in [6, 6.07) is 12.3. The van der Waals surface area contributed by atoms with Crippen molar-refractivity contribution in [2.75, 3.05) is 18.6 Å². The molecule has 1 saturated carbocycles. The Kier molecular flexibility index (Phi) is 3.89. The number of ether oxygens (including phenoxy) is 1. The van der Waals surface area contributed by atoms with Crippen molar-refractivity contribution in [3.8, 4) is 11.8 Å². The summed E-state index contributed by atoms with van der Waals surface area (Å²) in [5, 5.41) is 9.55.